The van der Waals surface area contributed by atoms with Crippen molar-refractivity contribution in [3.63, 3.8) is 0 Å². The molecule has 6 nitrogen and oxygen atoms in total. The van der Waals surface area contributed by atoms with Crippen LogP contribution in [0.5, 0.6) is 11.5 Å². The zero-order valence-corrected chi connectivity index (χ0v) is 13.9. The molecule has 0 bridgehead atoms. The molecule has 23 heavy (non-hydrogen) atoms. The lowest BCUT2D eigenvalue weighted by atomic mass is 9.77. The molecular formula is C16H20ClN3O3. The molecule has 0 atom stereocenters. The van der Waals surface area contributed by atoms with Gasteiger partial charge in [0.2, 0.25) is 0 Å². The van der Waals surface area contributed by atoms with Crippen LogP contribution in [0.4, 0.5) is 0 Å². The molecule has 1 aromatic heterocycles. The monoisotopic (exact) mass is 337 g/mol. The second-order valence-electron chi connectivity index (χ2n) is 5.41. The number of nitrogens with two attached hydrogens (primary N) is 1. The molecule has 1 fully saturated rings. The molecule has 1 aliphatic rings. The number of hydrogen-bond acceptors (Lipinski definition) is 6. The summed E-state index contributed by atoms with van der Waals surface area (Å²) >= 11 is 0. The summed E-state index contributed by atoms with van der Waals surface area (Å²) in [6, 6.07) is 5.59. The number of ether oxygens (including phenoxy) is 2. The third kappa shape index (κ3) is 3.48. The Morgan fingerprint density at radius 1 is 1.22 bits per heavy atom. The minimum Gasteiger partial charge on any atom is -0.497 e. The summed E-state index contributed by atoms with van der Waals surface area (Å²) in [4.78, 5) is 4.35. The summed E-state index contributed by atoms with van der Waals surface area (Å²) in [5.74, 6) is 2.47. The number of halogens is 1. The van der Waals surface area contributed by atoms with E-state index < -0.39 is 5.54 Å². The Kier molecular flexibility index (Phi) is 5.28. The van der Waals surface area contributed by atoms with E-state index in [1.54, 1.807) is 20.3 Å². The number of methoxy groups -OCH3 is 2. The Bertz CT molecular complexity index is 696. The highest BCUT2D eigenvalue weighted by Gasteiger charge is 2.38. The highest BCUT2D eigenvalue weighted by Crippen LogP contribution is 2.37. The molecule has 0 unspecified atom stereocenters. The van der Waals surface area contributed by atoms with Crippen LogP contribution >= 0.6 is 12.4 Å². The van der Waals surface area contributed by atoms with Crippen LogP contribution in [0.15, 0.2) is 22.7 Å². The molecule has 0 spiro atoms. The number of rotatable bonds is 5. The van der Waals surface area contributed by atoms with Gasteiger partial charge in [0.1, 0.15) is 11.5 Å². The van der Waals surface area contributed by atoms with Crippen LogP contribution in [-0.2, 0) is 5.54 Å². The summed E-state index contributed by atoms with van der Waals surface area (Å²) in [7, 11) is 3.24. The van der Waals surface area contributed by atoms with E-state index in [2.05, 4.69) is 10.1 Å². The first kappa shape index (κ1) is 17.3. The van der Waals surface area contributed by atoms with E-state index in [0.717, 1.165) is 30.6 Å². The number of nitrogens with zero attached hydrogens (tertiary/aromatic N) is 2. The van der Waals surface area contributed by atoms with Gasteiger partial charge in [-0.05, 0) is 37.5 Å². The Morgan fingerprint density at radius 3 is 2.61 bits per heavy atom. The van der Waals surface area contributed by atoms with Crippen LogP contribution < -0.4 is 15.2 Å². The second-order valence-corrected chi connectivity index (χ2v) is 5.41. The van der Waals surface area contributed by atoms with Crippen LogP contribution in [0.25, 0.3) is 12.2 Å². The van der Waals surface area contributed by atoms with Gasteiger partial charge in [-0.2, -0.15) is 4.98 Å². The maximum absolute atomic E-state index is 6.18. The molecular weight excluding hydrogens is 318 g/mol. The van der Waals surface area contributed by atoms with Gasteiger partial charge < -0.3 is 19.7 Å². The number of hydrogen-bond donors (Lipinski definition) is 1. The van der Waals surface area contributed by atoms with E-state index in [9.17, 15) is 0 Å². The Labute approximate surface area is 141 Å². The van der Waals surface area contributed by atoms with Crippen LogP contribution in [0.1, 0.15) is 36.5 Å². The van der Waals surface area contributed by atoms with E-state index in [-0.39, 0.29) is 12.4 Å². The molecule has 0 aliphatic heterocycles. The molecule has 2 aromatic rings. The molecule has 1 aromatic carbocycles. The highest BCUT2D eigenvalue weighted by atomic mass is 35.5. The van der Waals surface area contributed by atoms with Crippen molar-refractivity contribution in [1.82, 2.24) is 10.1 Å². The fourth-order valence-electron chi connectivity index (χ4n) is 2.40. The van der Waals surface area contributed by atoms with Crippen molar-refractivity contribution in [2.24, 2.45) is 5.73 Å². The van der Waals surface area contributed by atoms with Gasteiger partial charge in [-0.25, -0.2) is 0 Å². The summed E-state index contributed by atoms with van der Waals surface area (Å²) in [6.45, 7) is 0. The zero-order chi connectivity index (χ0) is 15.6. The van der Waals surface area contributed by atoms with Gasteiger partial charge in [0.25, 0.3) is 5.89 Å². The van der Waals surface area contributed by atoms with Crippen LogP contribution in [0, 0.1) is 0 Å². The topological polar surface area (TPSA) is 83.4 Å². The predicted molar refractivity (Wildman–Crippen MR) is 89.7 cm³/mol. The summed E-state index contributed by atoms with van der Waals surface area (Å²) < 4.78 is 15.8. The summed E-state index contributed by atoms with van der Waals surface area (Å²) in [5.41, 5.74) is 6.67. The number of aromatic nitrogens is 2. The van der Waals surface area contributed by atoms with Crippen molar-refractivity contribution in [2.45, 2.75) is 24.8 Å². The minimum atomic E-state index is -0.409. The first-order chi connectivity index (χ1) is 10.6. The highest BCUT2D eigenvalue weighted by molar-refractivity contribution is 5.85. The predicted octanol–water partition coefficient (Wildman–Crippen LogP) is 3.02. The zero-order valence-electron chi connectivity index (χ0n) is 13.1. The van der Waals surface area contributed by atoms with E-state index in [1.165, 1.54) is 0 Å². The summed E-state index contributed by atoms with van der Waals surface area (Å²) in [6.07, 6.45) is 6.53. The quantitative estimate of drug-likeness (QED) is 0.902. The lowest BCUT2D eigenvalue weighted by Crippen LogP contribution is -2.44. The van der Waals surface area contributed by atoms with E-state index in [1.807, 2.05) is 24.3 Å². The normalized spacial score (nSPS) is 15.8. The van der Waals surface area contributed by atoms with Gasteiger partial charge in [-0.15, -0.1) is 12.4 Å². The molecule has 1 heterocycles. The van der Waals surface area contributed by atoms with Crippen LogP contribution in [0.3, 0.4) is 0 Å². The van der Waals surface area contributed by atoms with Crippen LogP contribution in [-0.4, -0.2) is 24.4 Å². The first-order valence-corrected chi connectivity index (χ1v) is 7.18. The SMILES string of the molecule is COc1ccc(/C=C/c2nc(C3(N)CCC3)no2)c(OC)c1.Cl. The first-order valence-electron chi connectivity index (χ1n) is 7.18. The summed E-state index contributed by atoms with van der Waals surface area (Å²) in [5, 5.41) is 3.98. The van der Waals surface area contributed by atoms with Gasteiger partial charge in [0.15, 0.2) is 5.82 Å². The molecule has 2 N–H and O–H groups in total. The van der Waals surface area contributed by atoms with Gasteiger partial charge in [0, 0.05) is 17.7 Å². The van der Waals surface area contributed by atoms with E-state index >= 15 is 0 Å². The van der Waals surface area contributed by atoms with E-state index in [0.29, 0.717) is 17.5 Å². The molecule has 1 aliphatic carbocycles. The van der Waals surface area contributed by atoms with Crippen LogP contribution in [0.2, 0.25) is 0 Å². The fourth-order valence-corrected chi connectivity index (χ4v) is 2.40. The maximum atomic E-state index is 6.18. The molecule has 124 valence electrons. The third-order valence-electron chi connectivity index (χ3n) is 3.98. The molecule has 0 saturated heterocycles. The Morgan fingerprint density at radius 2 is 2.00 bits per heavy atom. The van der Waals surface area contributed by atoms with E-state index in [4.69, 9.17) is 19.7 Å². The minimum absolute atomic E-state index is 0. The Hall–Kier alpha value is -2.05. The Balaban J connectivity index is 0.00000192. The smallest absolute Gasteiger partial charge is 0.250 e. The second kappa shape index (κ2) is 7.02. The standard InChI is InChI=1S/C16H19N3O3.ClH/c1-20-12-6-4-11(13(10-12)21-2)5-7-14-18-15(19-22-14)16(17)8-3-9-16;/h4-7,10H,3,8-9,17H2,1-2H3;1H/b7-5+;. The molecule has 0 amide bonds. The lowest BCUT2D eigenvalue weighted by Gasteiger charge is -2.34. The van der Waals surface area contributed by atoms with Crippen molar-refractivity contribution in [3.05, 3.63) is 35.5 Å². The molecule has 3 rings (SSSR count). The van der Waals surface area contributed by atoms with Gasteiger partial charge in [-0.1, -0.05) is 5.16 Å². The van der Waals surface area contributed by atoms with Crippen molar-refractivity contribution in [2.75, 3.05) is 14.2 Å². The molecule has 0 radical (unpaired) electrons. The van der Waals surface area contributed by atoms with Gasteiger partial charge >= 0.3 is 0 Å². The molecule has 1 saturated carbocycles. The van der Waals surface area contributed by atoms with Gasteiger partial charge in [-0.3, -0.25) is 0 Å². The van der Waals surface area contributed by atoms with Crippen molar-refractivity contribution in [1.29, 1.82) is 0 Å². The lowest BCUT2D eigenvalue weighted by molar-refractivity contribution is 0.229. The molecule has 7 heteroatoms. The van der Waals surface area contributed by atoms with Crippen molar-refractivity contribution >= 4 is 24.6 Å². The van der Waals surface area contributed by atoms with Crippen molar-refractivity contribution in [3.8, 4) is 11.5 Å². The van der Waals surface area contributed by atoms with Crippen molar-refractivity contribution < 1.29 is 14.0 Å². The third-order valence-corrected chi connectivity index (χ3v) is 3.98. The largest absolute Gasteiger partial charge is 0.497 e. The maximum Gasteiger partial charge on any atom is 0.250 e. The van der Waals surface area contributed by atoms with Gasteiger partial charge in [0.05, 0.1) is 19.8 Å². The average Bonchev–Trinajstić information content (AvgIpc) is 2.99. The fraction of sp³-hybridized carbons (Fsp3) is 0.375. The average molecular weight is 338 g/mol. The number of benzene rings is 1.